The summed E-state index contributed by atoms with van der Waals surface area (Å²) < 4.78 is 27.1. The van der Waals surface area contributed by atoms with Crippen molar-refractivity contribution in [3.63, 3.8) is 0 Å². The van der Waals surface area contributed by atoms with Gasteiger partial charge in [-0.3, -0.25) is 14.1 Å². The van der Waals surface area contributed by atoms with E-state index in [1.165, 1.54) is 34.1 Å². The standard InChI is InChI=1S/C31H36Cl2FN7O3/c1-6-24(42)40-12-10-39(11-13-40)9-7-8-20-17-41-28-19(16-35-30(38-28)36-18-31(2,3)34)14-21(29(41)37-20)25-26(32)22(43-4)15-23(44-5)27(25)33/h6,14-17H,1,7-13,18H2,2-5H3,(H,35,36,38). The molecule has 234 valence electrons. The number of amides is 1. The molecule has 1 aliphatic heterocycles. The van der Waals surface area contributed by atoms with E-state index in [0.717, 1.165) is 31.7 Å². The summed E-state index contributed by atoms with van der Waals surface area (Å²) in [7, 11) is 3.06. The van der Waals surface area contributed by atoms with E-state index >= 15 is 0 Å². The average molecular weight is 645 g/mol. The van der Waals surface area contributed by atoms with Gasteiger partial charge in [0.25, 0.3) is 0 Å². The van der Waals surface area contributed by atoms with E-state index in [1.54, 1.807) is 12.3 Å². The lowest BCUT2D eigenvalue weighted by molar-refractivity contribution is -0.127. The van der Waals surface area contributed by atoms with Crippen molar-refractivity contribution in [3.8, 4) is 22.6 Å². The molecule has 4 heterocycles. The first kappa shape index (κ1) is 31.7. The zero-order valence-corrected chi connectivity index (χ0v) is 26.8. The highest BCUT2D eigenvalue weighted by Crippen LogP contribution is 2.47. The summed E-state index contributed by atoms with van der Waals surface area (Å²) >= 11 is 13.7. The molecular weight excluding hydrogens is 608 g/mol. The van der Waals surface area contributed by atoms with Crippen molar-refractivity contribution in [3.05, 3.63) is 52.9 Å². The Labute approximate surface area is 265 Å². The van der Waals surface area contributed by atoms with Crippen LogP contribution in [0.15, 0.2) is 37.2 Å². The summed E-state index contributed by atoms with van der Waals surface area (Å²) in [6.07, 6.45) is 6.58. The zero-order valence-electron chi connectivity index (χ0n) is 25.3. The number of nitrogens with zero attached hydrogens (tertiary/aromatic N) is 6. The Hall–Kier alpha value is -3.67. The summed E-state index contributed by atoms with van der Waals surface area (Å²) in [6.45, 7) is 10.5. The van der Waals surface area contributed by atoms with Crippen molar-refractivity contribution < 1.29 is 18.7 Å². The molecular formula is C31H36Cl2FN7O3. The number of hydrogen-bond donors (Lipinski definition) is 1. The molecule has 44 heavy (non-hydrogen) atoms. The lowest BCUT2D eigenvalue weighted by atomic mass is 10.0. The van der Waals surface area contributed by atoms with E-state index < -0.39 is 5.67 Å². The van der Waals surface area contributed by atoms with Crippen LogP contribution < -0.4 is 14.8 Å². The number of fused-ring (bicyclic) bond motifs is 3. The Bertz CT molecular complexity index is 1670. The van der Waals surface area contributed by atoms with E-state index in [9.17, 15) is 9.18 Å². The number of methoxy groups -OCH3 is 2. The van der Waals surface area contributed by atoms with Crippen molar-refractivity contribution in [2.45, 2.75) is 32.4 Å². The predicted molar refractivity (Wildman–Crippen MR) is 172 cm³/mol. The van der Waals surface area contributed by atoms with Gasteiger partial charge in [0.1, 0.15) is 22.8 Å². The third kappa shape index (κ3) is 6.69. The number of pyridine rings is 1. The number of alkyl halides is 1. The molecule has 1 saturated heterocycles. The van der Waals surface area contributed by atoms with Gasteiger partial charge in [-0.2, -0.15) is 4.98 Å². The topological polar surface area (TPSA) is 97.1 Å². The molecule has 0 atom stereocenters. The number of aromatic nitrogens is 4. The summed E-state index contributed by atoms with van der Waals surface area (Å²) in [5.41, 5.74) is 1.79. The summed E-state index contributed by atoms with van der Waals surface area (Å²) in [4.78, 5) is 30.2. The Morgan fingerprint density at radius 2 is 1.77 bits per heavy atom. The number of ether oxygens (including phenoxy) is 2. The van der Waals surface area contributed by atoms with E-state index in [1.807, 2.05) is 21.6 Å². The molecule has 1 N–H and O–H groups in total. The maximum Gasteiger partial charge on any atom is 0.246 e. The molecule has 13 heteroatoms. The van der Waals surface area contributed by atoms with Gasteiger partial charge in [-0.05, 0) is 45.4 Å². The Kier molecular flexibility index (Phi) is 9.48. The van der Waals surface area contributed by atoms with Crippen molar-refractivity contribution in [1.82, 2.24) is 29.2 Å². The van der Waals surface area contributed by atoms with Gasteiger partial charge in [-0.1, -0.05) is 29.8 Å². The molecule has 1 amide bonds. The van der Waals surface area contributed by atoms with Gasteiger partial charge >= 0.3 is 0 Å². The van der Waals surface area contributed by atoms with Crippen molar-refractivity contribution in [2.75, 3.05) is 58.8 Å². The normalized spacial score (nSPS) is 14.3. The Morgan fingerprint density at radius 1 is 1.09 bits per heavy atom. The minimum absolute atomic E-state index is 0.0261. The molecule has 1 aliphatic rings. The van der Waals surface area contributed by atoms with Gasteiger partial charge in [0, 0.05) is 61.2 Å². The highest BCUT2D eigenvalue weighted by Gasteiger charge is 2.24. The molecule has 0 radical (unpaired) electrons. The first-order valence-corrected chi connectivity index (χ1v) is 15.1. The number of imidazole rings is 1. The van der Waals surface area contributed by atoms with Crippen molar-refractivity contribution in [1.29, 1.82) is 0 Å². The van der Waals surface area contributed by atoms with Crippen LogP contribution in [0.2, 0.25) is 10.0 Å². The van der Waals surface area contributed by atoms with Gasteiger partial charge in [0.15, 0.2) is 5.65 Å². The van der Waals surface area contributed by atoms with Crippen LogP contribution in [0.25, 0.3) is 27.8 Å². The van der Waals surface area contributed by atoms with Gasteiger partial charge in [-0.15, -0.1) is 0 Å². The first-order valence-electron chi connectivity index (χ1n) is 14.4. The number of nitrogens with one attached hydrogen (secondary N) is 1. The summed E-state index contributed by atoms with van der Waals surface area (Å²) in [5, 5.41) is 4.34. The molecule has 1 aromatic carbocycles. The van der Waals surface area contributed by atoms with Crippen LogP contribution in [0.5, 0.6) is 11.5 Å². The van der Waals surface area contributed by atoms with Crippen molar-refractivity contribution >= 4 is 51.7 Å². The highest BCUT2D eigenvalue weighted by molar-refractivity contribution is 6.41. The number of halogens is 3. The maximum atomic E-state index is 14.2. The largest absolute Gasteiger partial charge is 0.495 e. The second-order valence-electron chi connectivity index (χ2n) is 11.3. The van der Waals surface area contributed by atoms with Crippen LogP contribution in [0.1, 0.15) is 26.0 Å². The molecule has 3 aromatic heterocycles. The molecule has 0 unspecified atom stereocenters. The molecule has 0 saturated carbocycles. The highest BCUT2D eigenvalue weighted by atomic mass is 35.5. The first-order chi connectivity index (χ1) is 21.0. The molecule has 0 aliphatic carbocycles. The number of hydrogen-bond acceptors (Lipinski definition) is 8. The maximum absolute atomic E-state index is 14.2. The molecule has 10 nitrogen and oxygen atoms in total. The number of carbonyl (C=O) groups is 1. The second kappa shape index (κ2) is 13.1. The monoisotopic (exact) mass is 643 g/mol. The average Bonchev–Trinajstić information content (AvgIpc) is 3.44. The number of anilines is 1. The molecule has 5 rings (SSSR count). The van der Waals surface area contributed by atoms with Crippen LogP contribution in [0.3, 0.4) is 0 Å². The van der Waals surface area contributed by atoms with Crippen LogP contribution in [-0.2, 0) is 11.2 Å². The summed E-state index contributed by atoms with van der Waals surface area (Å²) in [5.74, 6) is 1.10. The number of aryl methyl sites for hydroxylation is 1. The van der Waals surface area contributed by atoms with Crippen LogP contribution >= 0.6 is 23.2 Å². The smallest absolute Gasteiger partial charge is 0.246 e. The zero-order chi connectivity index (χ0) is 31.6. The minimum Gasteiger partial charge on any atom is -0.495 e. The lowest BCUT2D eigenvalue weighted by Crippen LogP contribution is -2.48. The molecule has 0 bridgehead atoms. The quantitative estimate of drug-likeness (QED) is 0.208. The molecule has 4 aromatic rings. The number of benzene rings is 1. The SMILES string of the molecule is C=CC(=O)N1CCN(CCCc2cn3c(n2)c(-c2c(Cl)c(OC)cc(OC)c2Cl)cc2cnc(NCC(C)(C)F)nc23)CC1. The molecule has 0 spiro atoms. The van der Waals surface area contributed by atoms with Gasteiger partial charge in [0.05, 0.1) is 36.5 Å². The number of rotatable bonds is 11. The predicted octanol–water partition coefficient (Wildman–Crippen LogP) is 5.69. The lowest BCUT2D eigenvalue weighted by Gasteiger charge is -2.34. The van der Waals surface area contributed by atoms with Crippen LogP contribution in [-0.4, -0.2) is 94.2 Å². The van der Waals surface area contributed by atoms with E-state index in [0.29, 0.717) is 74.8 Å². The van der Waals surface area contributed by atoms with Crippen LogP contribution in [0.4, 0.5) is 10.3 Å². The number of piperazine rings is 1. The third-order valence-electron chi connectivity index (χ3n) is 7.60. The second-order valence-corrected chi connectivity index (χ2v) is 12.0. The van der Waals surface area contributed by atoms with Gasteiger partial charge in [-0.25, -0.2) is 14.4 Å². The Morgan fingerprint density at radius 3 is 2.39 bits per heavy atom. The fourth-order valence-corrected chi connectivity index (χ4v) is 5.99. The van der Waals surface area contributed by atoms with Gasteiger partial charge in [0.2, 0.25) is 11.9 Å². The van der Waals surface area contributed by atoms with Crippen LogP contribution in [0, 0.1) is 0 Å². The van der Waals surface area contributed by atoms with Crippen molar-refractivity contribution in [2.24, 2.45) is 0 Å². The Balaban J connectivity index is 1.52. The van der Waals surface area contributed by atoms with E-state index in [4.69, 9.17) is 42.6 Å². The minimum atomic E-state index is -1.44. The van der Waals surface area contributed by atoms with Gasteiger partial charge < -0.3 is 19.7 Å². The molecule has 1 fully saturated rings. The fourth-order valence-electron chi connectivity index (χ4n) is 5.28. The fraction of sp³-hybridized carbons (Fsp3) is 0.419. The van der Waals surface area contributed by atoms with E-state index in [2.05, 4.69) is 21.8 Å². The van der Waals surface area contributed by atoms with E-state index in [-0.39, 0.29) is 12.5 Å². The third-order valence-corrected chi connectivity index (χ3v) is 8.35. The summed E-state index contributed by atoms with van der Waals surface area (Å²) in [6, 6.07) is 3.53. The number of carbonyl (C=O) groups excluding carboxylic acids is 1.